The van der Waals surface area contributed by atoms with Crippen molar-refractivity contribution in [2.45, 2.75) is 51.7 Å². The zero-order valence-electron chi connectivity index (χ0n) is 11.7. The summed E-state index contributed by atoms with van der Waals surface area (Å²) in [5, 5.41) is 3.44. The molecule has 0 spiro atoms. The summed E-state index contributed by atoms with van der Waals surface area (Å²) in [4.78, 5) is 14.1. The van der Waals surface area contributed by atoms with E-state index in [-0.39, 0.29) is 12.1 Å². The van der Waals surface area contributed by atoms with Gasteiger partial charge in [-0.25, -0.2) is 0 Å². The molecule has 2 aliphatic rings. The lowest BCUT2D eigenvalue weighted by atomic mass is 9.99. The van der Waals surface area contributed by atoms with Gasteiger partial charge in [0.2, 0.25) is 0 Å². The van der Waals surface area contributed by atoms with Crippen molar-refractivity contribution in [3.8, 4) is 0 Å². The third-order valence-corrected chi connectivity index (χ3v) is 3.65. The summed E-state index contributed by atoms with van der Waals surface area (Å²) in [6.45, 7) is 7.58. The third-order valence-electron chi connectivity index (χ3n) is 3.65. The van der Waals surface area contributed by atoms with Gasteiger partial charge in [-0.3, -0.25) is 9.69 Å². The highest BCUT2D eigenvalue weighted by molar-refractivity contribution is 5.71. The first kappa shape index (κ1) is 13.8. The predicted octanol–water partition coefficient (Wildman–Crippen LogP) is 1.40. The molecule has 2 rings (SSSR count). The predicted molar refractivity (Wildman–Crippen MR) is 71.4 cm³/mol. The lowest BCUT2D eigenvalue weighted by Crippen LogP contribution is -2.42. The maximum absolute atomic E-state index is 11.8. The van der Waals surface area contributed by atoms with Crippen LogP contribution in [0.2, 0.25) is 0 Å². The molecule has 1 saturated heterocycles. The number of nitrogens with one attached hydrogen (secondary N) is 1. The third kappa shape index (κ3) is 4.58. The minimum atomic E-state index is -0.0688. The first-order valence-corrected chi connectivity index (χ1v) is 7.29. The highest BCUT2D eigenvalue weighted by Gasteiger charge is 2.32. The molecule has 1 aliphatic heterocycles. The monoisotopic (exact) mass is 254 g/mol. The molecule has 1 atom stereocenters. The number of carbonyl (C=O) groups excluding carboxylic acids is 1. The first-order chi connectivity index (χ1) is 8.65. The van der Waals surface area contributed by atoms with Gasteiger partial charge in [0.1, 0.15) is 0 Å². The first-order valence-electron chi connectivity index (χ1n) is 7.29. The van der Waals surface area contributed by atoms with Crippen LogP contribution < -0.4 is 5.32 Å². The van der Waals surface area contributed by atoms with Gasteiger partial charge in [0.25, 0.3) is 0 Å². The molecule has 18 heavy (non-hydrogen) atoms. The number of hydrogen-bond donors (Lipinski definition) is 1. The van der Waals surface area contributed by atoms with Gasteiger partial charge in [-0.15, -0.1) is 0 Å². The van der Waals surface area contributed by atoms with Crippen LogP contribution in [0.25, 0.3) is 0 Å². The van der Waals surface area contributed by atoms with Crippen LogP contribution in [-0.4, -0.2) is 49.2 Å². The summed E-state index contributed by atoms with van der Waals surface area (Å²) in [5.41, 5.74) is 0. The van der Waals surface area contributed by atoms with E-state index in [2.05, 4.69) is 10.2 Å². The zero-order chi connectivity index (χ0) is 13.0. The molecule has 1 heterocycles. The van der Waals surface area contributed by atoms with Gasteiger partial charge < -0.3 is 10.1 Å². The molecule has 1 N–H and O–H groups in total. The van der Waals surface area contributed by atoms with Crippen LogP contribution in [0.4, 0.5) is 0 Å². The second-order valence-corrected chi connectivity index (χ2v) is 5.91. The van der Waals surface area contributed by atoms with E-state index in [9.17, 15) is 4.79 Å². The summed E-state index contributed by atoms with van der Waals surface area (Å²) < 4.78 is 5.25. The van der Waals surface area contributed by atoms with Crippen LogP contribution >= 0.6 is 0 Å². The molecule has 1 aliphatic carbocycles. The van der Waals surface area contributed by atoms with Gasteiger partial charge in [0.15, 0.2) is 0 Å². The lowest BCUT2D eigenvalue weighted by Gasteiger charge is -2.29. The fourth-order valence-corrected chi connectivity index (χ4v) is 2.66. The number of rotatable bonds is 6. The van der Waals surface area contributed by atoms with Crippen molar-refractivity contribution in [1.82, 2.24) is 10.2 Å². The van der Waals surface area contributed by atoms with Crippen LogP contribution in [0.5, 0.6) is 0 Å². The number of carbonyl (C=O) groups is 1. The Kier molecular flexibility index (Phi) is 5.01. The van der Waals surface area contributed by atoms with E-state index in [0.717, 1.165) is 19.6 Å². The smallest absolute Gasteiger partial charge is 0.320 e. The van der Waals surface area contributed by atoms with E-state index in [0.29, 0.717) is 18.5 Å². The Morgan fingerprint density at radius 3 is 2.72 bits per heavy atom. The summed E-state index contributed by atoms with van der Waals surface area (Å²) in [5.74, 6) is 0.631. The van der Waals surface area contributed by atoms with Crippen LogP contribution in [0.1, 0.15) is 39.5 Å². The zero-order valence-corrected chi connectivity index (χ0v) is 11.7. The average molecular weight is 254 g/mol. The Bertz CT molecular complexity index is 271. The molecule has 2 fully saturated rings. The van der Waals surface area contributed by atoms with Gasteiger partial charge in [0.05, 0.1) is 12.6 Å². The number of hydrogen-bond acceptors (Lipinski definition) is 4. The van der Waals surface area contributed by atoms with Gasteiger partial charge in [-0.1, -0.05) is 0 Å². The molecule has 0 aromatic rings. The minimum Gasteiger partial charge on any atom is -0.462 e. The fraction of sp³-hybridized carbons (Fsp3) is 0.929. The molecular formula is C14H26N2O2. The highest BCUT2D eigenvalue weighted by atomic mass is 16.5. The molecule has 0 aromatic carbocycles. The molecule has 4 nitrogen and oxygen atoms in total. The van der Waals surface area contributed by atoms with Crippen molar-refractivity contribution in [3.05, 3.63) is 0 Å². The normalized spacial score (nSPS) is 24.6. The SMILES string of the molecule is CC(C)OC(=O)CN(CC1CCCNC1)C1CC1. The largest absolute Gasteiger partial charge is 0.462 e. The van der Waals surface area contributed by atoms with Crippen molar-refractivity contribution in [2.75, 3.05) is 26.2 Å². The van der Waals surface area contributed by atoms with Crippen molar-refractivity contribution in [3.63, 3.8) is 0 Å². The van der Waals surface area contributed by atoms with Crippen LogP contribution in [0, 0.1) is 5.92 Å². The maximum atomic E-state index is 11.8. The summed E-state index contributed by atoms with van der Waals surface area (Å²) in [7, 11) is 0. The van der Waals surface area contributed by atoms with E-state index in [4.69, 9.17) is 4.74 Å². The molecule has 4 heteroatoms. The second kappa shape index (κ2) is 6.53. The summed E-state index contributed by atoms with van der Waals surface area (Å²) in [6.07, 6.45) is 5.04. The quantitative estimate of drug-likeness (QED) is 0.728. The molecular weight excluding hydrogens is 228 g/mol. The fourth-order valence-electron chi connectivity index (χ4n) is 2.66. The number of ether oxygens (including phenoxy) is 1. The number of esters is 1. The molecule has 0 radical (unpaired) electrons. The van der Waals surface area contributed by atoms with Crippen LogP contribution in [-0.2, 0) is 9.53 Å². The van der Waals surface area contributed by atoms with E-state index in [1.165, 1.54) is 25.7 Å². The molecule has 104 valence electrons. The standard InChI is InChI=1S/C14H26N2O2/c1-11(2)18-14(17)10-16(13-5-6-13)9-12-4-3-7-15-8-12/h11-13,15H,3-10H2,1-2H3. The Morgan fingerprint density at radius 1 is 1.39 bits per heavy atom. The van der Waals surface area contributed by atoms with E-state index in [1.807, 2.05) is 13.8 Å². The molecule has 1 saturated carbocycles. The lowest BCUT2D eigenvalue weighted by molar-refractivity contribution is -0.149. The van der Waals surface area contributed by atoms with Gasteiger partial charge in [-0.05, 0) is 58.5 Å². The Hall–Kier alpha value is -0.610. The Balaban J connectivity index is 1.78. The van der Waals surface area contributed by atoms with E-state index < -0.39 is 0 Å². The van der Waals surface area contributed by atoms with Crippen LogP contribution in [0.15, 0.2) is 0 Å². The Labute approximate surface area is 110 Å². The summed E-state index contributed by atoms with van der Waals surface area (Å²) >= 11 is 0. The molecule has 1 unspecified atom stereocenters. The minimum absolute atomic E-state index is 0.00472. The number of nitrogens with zero attached hydrogens (tertiary/aromatic N) is 1. The molecule has 0 aromatic heterocycles. The topological polar surface area (TPSA) is 41.6 Å². The maximum Gasteiger partial charge on any atom is 0.320 e. The van der Waals surface area contributed by atoms with Crippen molar-refractivity contribution < 1.29 is 9.53 Å². The van der Waals surface area contributed by atoms with Gasteiger partial charge >= 0.3 is 5.97 Å². The second-order valence-electron chi connectivity index (χ2n) is 5.91. The summed E-state index contributed by atoms with van der Waals surface area (Å²) in [6, 6.07) is 0.631. The highest BCUT2D eigenvalue weighted by Crippen LogP contribution is 2.28. The Morgan fingerprint density at radius 2 is 2.17 bits per heavy atom. The molecule has 0 bridgehead atoms. The van der Waals surface area contributed by atoms with Crippen molar-refractivity contribution >= 4 is 5.97 Å². The van der Waals surface area contributed by atoms with Crippen molar-refractivity contribution in [2.24, 2.45) is 5.92 Å². The van der Waals surface area contributed by atoms with Crippen molar-refractivity contribution in [1.29, 1.82) is 0 Å². The van der Waals surface area contributed by atoms with Gasteiger partial charge in [0, 0.05) is 12.6 Å². The average Bonchev–Trinajstić information content (AvgIpc) is 3.12. The van der Waals surface area contributed by atoms with Gasteiger partial charge in [-0.2, -0.15) is 0 Å². The number of piperidine rings is 1. The van der Waals surface area contributed by atoms with Crippen LogP contribution in [0.3, 0.4) is 0 Å². The van der Waals surface area contributed by atoms with E-state index in [1.54, 1.807) is 0 Å². The molecule has 0 amide bonds. The van der Waals surface area contributed by atoms with E-state index >= 15 is 0 Å².